The van der Waals surface area contributed by atoms with Gasteiger partial charge in [-0.15, -0.1) is 0 Å². The topological polar surface area (TPSA) is 247 Å². The maximum absolute atomic E-state index is 10.3. The predicted octanol–water partition coefficient (Wildman–Crippen LogP) is 7.07. The van der Waals surface area contributed by atoms with Crippen molar-refractivity contribution in [1.82, 2.24) is 45.8 Å². The molecule has 0 spiro atoms. The van der Waals surface area contributed by atoms with Crippen molar-refractivity contribution in [3.8, 4) is 0 Å². The number of rotatable bonds is 0. The number of amides is 8. The van der Waals surface area contributed by atoms with Crippen LogP contribution in [-0.2, 0) is 42.9 Å². The maximum atomic E-state index is 10.3. The molecule has 4 N–H and O–H groups in total. The molecule has 0 heterocycles. The number of urea groups is 2. The van der Waals surface area contributed by atoms with Gasteiger partial charge < -0.3 is 69.5 Å². The third-order valence-electron chi connectivity index (χ3n) is 3.85. The van der Waals surface area contributed by atoms with E-state index in [-0.39, 0.29) is 110 Å². The van der Waals surface area contributed by atoms with Gasteiger partial charge in [-0.3, -0.25) is 19.2 Å². The SMILES string of the molecule is C.C.C.C.C.C.C.C.C.C.CC(=O)N(C)C.CC(=O)N(C)C.CN(C)C.CNC(=O)N(C)C.CNC(=O)N(C)C.CNC(=O)OC.CNC(=O)OC.COC.COC(C)=O.COC(C)=O. The van der Waals surface area contributed by atoms with Gasteiger partial charge in [0.25, 0.3) is 0 Å². The molecule has 22 heteroatoms. The zero-order chi connectivity index (χ0) is 46.9. The van der Waals surface area contributed by atoms with Crippen molar-refractivity contribution in [2.24, 2.45) is 0 Å². The zero-order valence-corrected chi connectivity index (χ0v) is 38.5. The fraction of sp³-hybridized carbons (Fsp3) is 0.814. The first-order valence-corrected chi connectivity index (χ1v) is 15.7. The maximum Gasteiger partial charge on any atom is 0.406 e. The van der Waals surface area contributed by atoms with Gasteiger partial charge in [0.2, 0.25) is 11.8 Å². The van der Waals surface area contributed by atoms with Crippen LogP contribution in [0.25, 0.3) is 0 Å². The van der Waals surface area contributed by atoms with Gasteiger partial charge >= 0.3 is 36.2 Å². The smallest absolute Gasteiger partial charge is 0.406 e. The number of methoxy groups -OCH3 is 5. The normalized spacial score (nSPS) is 6.31. The summed E-state index contributed by atoms with van der Waals surface area (Å²) < 4.78 is 20.8. The van der Waals surface area contributed by atoms with E-state index in [1.165, 1.54) is 89.8 Å². The molecule has 0 saturated heterocycles. The minimum absolute atomic E-state index is 0. The van der Waals surface area contributed by atoms with Crippen molar-refractivity contribution >= 4 is 48.0 Å². The molecule has 414 valence electrons. The van der Waals surface area contributed by atoms with Crippen molar-refractivity contribution in [1.29, 1.82) is 0 Å². The number of hydrogen-bond donors (Lipinski definition) is 4. The third-order valence-corrected chi connectivity index (χ3v) is 3.85. The molecule has 0 aliphatic carbocycles. The summed E-state index contributed by atoms with van der Waals surface area (Å²) in [6.45, 7) is 5.78. The molecule has 0 aliphatic rings. The fourth-order valence-electron chi connectivity index (χ4n) is 0.651. The second kappa shape index (κ2) is 107. The molecule has 0 unspecified atom stereocenters. The van der Waals surface area contributed by atoms with E-state index in [9.17, 15) is 38.4 Å². The highest BCUT2D eigenvalue weighted by Gasteiger charge is 1.95. The van der Waals surface area contributed by atoms with Crippen LogP contribution in [0.3, 0.4) is 0 Å². The molecule has 8 amide bonds. The van der Waals surface area contributed by atoms with E-state index in [0.29, 0.717) is 0 Å². The highest BCUT2D eigenvalue weighted by atomic mass is 16.5. The summed E-state index contributed by atoms with van der Waals surface area (Å²) in [5.74, 6) is -0.306. The molecule has 0 aromatic carbocycles. The summed E-state index contributed by atoms with van der Waals surface area (Å²) in [5, 5.41) is 9.41. The summed E-state index contributed by atoms with van der Waals surface area (Å²) in [6, 6.07) is -0.139. The van der Waals surface area contributed by atoms with E-state index in [4.69, 9.17) is 0 Å². The Morgan fingerprint density at radius 3 is 0.446 bits per heavy atom. The first kappa shape index (κ1) is 131. The van der Waals surface area contributed by atoms with E-state index in [0.717, 1.165) is 0 Å². The largest absolute Gasteiger partial charge is 0.469 e. The lowest BCUT2D eigenvalue weighted by molar-refractivity contribution is -0.138. The van der Waals surface area contributed by atoms with Crippen LogP contribution in [0.2, 0.25) is 0 Å². The summed E-state index contributed by atoms with van der Waals surface area (Å²) in [4.78, 5) is 87.7. The molecular weight excluding hydrogens is 851 g/mol. The zero-order valence-electron chi connectivity index (χ0n) is 38.5. The average molecular weight is 970 g/mol. The third kappa shape index (κ3) is 264. The lowest BCUT2D eigenvalue weighted by Crippen LogP contribution is -2.31. The lowest BCUT2D eigenvalue weighted by atomic mass is 10.7. The van der Waals surface area contributed by atoms with Gasteiger partial charge in [0.05, 0.1) is 28.4 Å². The highest BCUT2D eigenvalue weighted by Crippen LogP contribution is 1.72. The Morgan fingerprint density at radius 2 is 0.446 bits per heavy atom. The second-order valence-electron chi connectivity index (χ2n) is 10.4. The van der Waals surface area contributed by atoms with Crippen LogP contribution in [0.1, 0.15) is 102 Å². The van der Waals surface area contributed by atoms with Crippen molar-refractivity contribution < 1.29 is 62.0 Å². The number of carbonyl (C=O) groups is 8. The Hall–Kier alpha value is -5.12. The predicted molar refractivity (Wildman–Crippen MR) is 283 cm³/mol. The van der Waals surface area contributed by atoms with Gasteiger partial charge in [-0.25, -0.2) is 19.2 Å². The molecule has 0 saturated carbocycles. The number of esters is 2. The monoisotopic (exact) mass is 970 g/mol. The molecule has 0 fully saturated rings. The van der Waals surface area contributed by atoms with Crippen LogP contribution < -0.4 is 21.3 Å². The van der Waals surface area contributed by atoms with Crippen LogP contribution >= 0.6 is 0 Å². The Balaban J connectivity index is -0.0000000190. The molecular formula is C43H119N9O13. The van der Waals surface area contributed by atoms with E-state index in [1.807, 2.05) is 26.0 Å². The molecule has 0 rings (SSSR count). The van der Waals surface area contributed by atoms with Crippen LogP contribution in [0, 0.1) is 0 Å². The summed E-state index contributed by atoms with van der Waals surface area (Å²) in [7, 11) is 34.5. The number of hydrogen-bond acceptors (Lipinski definition) is 14. The average Bonchev–Trinajstić information content (AvgIpc) is 3.11. The van der Waals surface area contributed by atoms with Gasteiger partial charge in [0.1, 0.15) is 0 Å². The summed E-state index contributed by atoms with van der Waals surface area (Å²) in [6.07, 6.45) is -0.815. The molecule has 65 heavy (non-hydrogen) atoms. The summed E-state index contributed by atoms with van der Waals surface area (Å²) in [5.41, 5.74) is 0. The number of carbonyl (C=O) groups excluding carboxylic acids is 8. The van der Waals surface area contributed by atoms with E-state index in [1.54, 1.807) is 84.7 Å². The van der Waals surface area contributed by atoms with E-state index in [2.05, 4.69) is 45.0 Å². The van der Waals surface area contributed by atoms with Crippen LogP contribution in [0.15, 0.2) is 0 Å². The van der Waals surface area contributed by atoms with Crippen molar-refractivity contribution in [3.63, 3.8) is 0 Å². The number of nitrogens with zero attached hydrogens (tertiary/aromatic N) is 5. The Bertz CT molecular complexity index is 841. The van der Waals surface area contributed by atoms with E-state index >= 15 is 0 Å². The molecule has 0 radical (unpaired) electrons. The van der Waals surface area contributed by atoms with Gasteiger partial charge in [-0.2, -0.15) is 0 Å². The van der Waals surface area contributed by atoms with Gasteiger partial charge in [-0.1, -0.05) is 74.3 Å². The van der Waals surface area contributed by atoms with Crippen molar-refractivity contribution in [2.45, 2.75) is 102 Å². The number of alkyl carbamates (subject to hydrolysis) is 2. The number of nitrogens with one attached hydrogen (secondary N) is 4. The lowest BCUT2D eigenvalue weighted by Gasteiger charge is -2.06. The Labute approximate surface area is 405 Å². The standard InChI is InChI=1S/2C4H10N2O.2C4H9NO.2C3H7NO2.C3H9N.2C3H6O2.C2H6O.10CH4/c2*1-5-4(7)6(2)3;2*1-4(6)5(2)3;2*1-4-3(5)6-2;1-4(2)3;2*1-3(4)5-2;1-3-2;;;;;;;;;;/h2*1-3H3,(H,5,7);2*1-3H3;2*1-2H3,(H,4,5);1-3H3;2*1-2H3;1-2H3;10*1H4. The Morgan fingerprint density at radius 1 is 0.323 bits per heavy atom. The first-order valence-electron chi connectivity index (χ1n) is 15.7. The van der Waals surface area contributed by atoms with Crippen LogP contribution in [0.5, 0.6) is 0 Å². The highest BCUT2D eigenvalue weighted by molar-refractivity contribution is 5.73. The fourth-order valence-corrected chi connectivity index (χ4v) is 0.651. The van der Waals surface area contributed by atoms with Crippen molar-refractivity contribution in [3.05, 3.63) is 0 Å². The van der Waals surface area contributed by atoms with Gasteiger partial charge in [0.15, 0.2) is 0 Å². The molecule has 0 aromatic heterocycles. The van der Waals surface area contributed by atoms with Gasteiger partial charge in [-0.05, 0) is 21.1 Å². The van der Waals surface area contributed by atoms with Gasteiger partial charge in [0, 0.05) is 126 Å². The van der Waals surface area contributed by atoms with Crippen LogP contribution in [-0.4, -0.2) is 221 Å². The minimum atomic E-state index is -0.407. The summed E-state index contributed by atoms with van der Waals surface area (Å²) >= 11 is 0. The minimum Gasteiger partial charge on any atom is -0.469 e. The second-order valence-corrected chi connectivity index (χ2v) is 10.4. The van der Waals surface area contributed by atoms with E-state index < -0.39 is 12.2 Å². The molecule has 0 aliphatic heterocycles. The van der Waals surface area contributed by atoms with Crippen LogP contribution in [0.4, 0.5) is 19.2 Å². The quantitative estimate of drug-likeness (QED) is 0.140. The molecule has 0 bridgehead atoms. The van der Waals surface area contributed by atoms with Crippen molar-refractivity contribution in [2.75, 3.05) is 148 Å². The molecule has 0 aromatic rings. The Kier molecular flexibility index (Phi) is 215. The molecule has 0 atom stereocenters. The number of ether oxygens (including phenoxy) is 5. The molecule has 22 nitrogen and oxygen atoms in total. The first-order chi connectivity index (χ1) is 24.9.